The number of nitrogens with zero attached hydrogens (tertiary/aromatic N) is 4. The molecule has 0 saturated heterocycles. The molecule has 0 radical (unpaired) electrons. The average molecular weight is 315 g/mol. The van der Waals surface area contributed by atoms with Crippen LogP contribution in [0.1, 0.15) is 11.8 Å². The summed E-state index contributed by atoms with van der Waals surface area (Å²) >= 11 is 7.43. The molecule has 2 heterocycles. The number of thiophene rings is 1. The third kappa shape index (κ3) is 3.69. The number of nitrogens with two attached hydrogens (primary N) is 1. The van der Waals surface area contributed by atoms with Gasteiger partial charge in [-0.15, -0.1) is 11.3 Å². The van der Waals surface area contributed by atoms with Gasteiger partial charge in [0.2, 0.25) is 11.9 Å². The van der Waals surface area contributed by atoms with E-state index in [0.717, 1.165) is 9.21 Å². The zero-order chi connectivity index (χ0) is 14.5. The van der Waals surface area contributed by atoms with Crippen LogP contribution >= 0.6 is 22.9 Å². The van der Waals surface area contributed by atoms with Gasteiger partial charge in [-0.05, 0) is 19.1 Å². The summed E-state index contributed by atoms with van der Waals surface area (Å²) in [6, 6.07) is 4.07. The predicted octanol–water partition coefficient (Wildman–Crippen LogP) is 1.91. The molecular formula is C11H15ClN6OS. The smallest absolute Gasteiger partial charge is 0.323 e. The number of hydrazine groups is 1. The summed E-state index contributed by atoms with van der Waals surface area (Å²) in [6.07, 6.45) is 0. The molecule has 0 fully saturated rings. The molecular weight excluding hydrogens is 300 g/mol. The molecule has 0 unspecified atom stereocenters. The molecule has 3 N–H and O–H groups in total. The number of rotatable bonds is 6. The van der Waals surface area contributed by atoms with Crippen LogP contribution in [0, 0.1) is 0 Å². The zero-order valence-corrected chi connectivity index (χ0v) is 12.7. The molecule has 20 heavy (non-hydrogen) atoms. The van der Waals surface area contributed by atoms with E-state index in [-0.39, 0.29) is 12.0 Å². The number of hydrogen-bond acceptors (Lipinski definition) is 8. The third-order valence-electron chi connectivity index (χ3n) is 2.37. The summed E-state index contributed by atoms with van der Waals surface area (Å²) in [6.45, 7) is 2.96. The van der Waals surface area contributed by atoms with Gasteiger partial charge in [-0.25, -0.2) is 5.84 Å². The Morgan fingerprint density at radius 2 is 2.20 bits per heavy atom. The number of halogens is 1. The highest BCUT2D eigenvalue weighted by Crippen LogP contribution is 2.24. The topological polar surface area (TPSA) is 89.2 Å². The Balaban J connectivity index is 2.19. The molecule has 0 amide bonds. The fraction of sp³-hybridized carbons (Fsp3) is 0.364. The molecule has 2 rings (SSSR count). The maximum absolute atomic E-state index is 5.92. The molecule has 0 saturated carbocycles. The first-order valence-electron chi connectivity index (χ1n) is 5.93. The SMILES string of the molecule is CCOc1nc(NN)nc(N(C)Cc2ccc(Cl)s2)n1. The van der Waals surface area contributed by atoms with Crippen LogP contribution in [-0.2, 0) is 6.54 Å². The number of aromatic nitrogens is 3. The summed E-state index contributed by atoms with van der Waals surface area (Å²) in [5.74, 6) is 6.08. The van der Waals surface area contributed by atoms with Gasteiger partial charge in [0.1, 0.15) is 0 Å². The van der Waals surface area contributed by atoms with Crippen molar-refractivity contribution >= 4 is 34.8 Å². The van der Waals surface area contributed by atoms with Crippen LogP contribution < -0.4 is 20.9 Å². The summed E-state index contributed by atoms with van der Waals surface area (Å²) < 4.78 is 6.04. The Morgan fingerprint density at radius 3 is 2.80 bits per heavy atom. The minimum absolute atomic E-state index is 0.238. The van der Waals surface area contributed by atoms with Gasteiger partial charge in [-0.3, -0.25) is 5.43 Å². The quantitative estimate of drug-likeness (QED) is 0.621. The second-order valence-electron chi connectivity index (χ2n) is 3.88. The Bertz CT molecular complexity index is 578. The molecule has 2 aromatic rings. The molecule has 0 aliphatic carbocycles. The molecule has 0 atom stereocenters. The van der Waals surface area contributed by atoms with E-state index in [1.54, 1.807) is 0 Å². The van der Waals surface area contributed by atoms with E-state index in [4.69, 9.17) is 22.2 Å². The molecule has 0 bridgehead atoms. The molecule has 9 heteroatoms. The first kappa shape index (κ1) is 14.8. The van der Waals surface area contributed by atoms with Crippen LogP contribution in [0.25, 0.3) is 0 Å². The van der Waals surface area contributed by atoms with E-state index < -0.39 is 0 Å². The monoisotopic (exact) mass is 314 g/mol. The highest BCUT2D eigenvalue weighted by atomic mass is 35.5. The summed E-state index contributed by atoms with van der Waals surface area (Å²) in [5.41, 5.74) is 2.40. The van der Waals surface area contributed by atoms with Gasteiger partial charge in [-0.1, -0.05) is 11.6 Å². The number of hydrogen-bond donors (Lipinski definition) is 2. The van der Waals surface area contributed by atoms with Crippen LogP contribution in [0.4, 0.5) is 11.9 Å². The van der Waals surface area contributed by atoms with E-state index >= 15 is 0 Å². The lowest BCUT2D eigenvalue weighted by molar-refractivity contribution is 0.312. The molecule has 0 aliphatic heterocycles. The summed E-state index contributed by atoms with van der Waals surface area (Å²) in [7, 11) is 1.87. The predicted molar refractivity (Wildman–Crippen MR) is 80.2 cm³/mol. The van der Waals surface area contributed by atoms with Gasteiger partial charge in [0, 0.05) is 11.9 Å². The van der Waals surface area contributed by atoms with E-state index in [1.165, 1.54) is 11.3 Å². The highest BCUT2D eigenvalue weighted by molar-refractivity contribution is 7.16. The fourth-order valence-electron chi connectivity index (χ4n) is 1.52. The first-order valence-corrected chi connectivity index (χ1v) is 7.12. The lowest BCUT2D eigenvalue weighted by Crippen LogP contribution is -2.21. The van der Waals surface area contributed by atoms with E-state index in [1.807, 2.05) is 31.0 Å². The molecule has 0 spiro atoms. The summed E-state index contributed by atoms with van der Waals surface area (Å²) in [4.78, 5) is 15.4. The molecule has 2 aromatic heterocycles. The lowest BCUT2D eigenvalue weighted by atomic mass is 10.4. The number of ether oxygens (including phenoxy) is 1. The van der Waals surface area contributed by atoms with Crippen molar-refractivity contribution in [3.8, 4) is 6.01 Å². The van der Waals surface area contributed by atoms with Crippen LogP contribution in [-0.4, -0.2) is 28.6 Å². The second-order valence-corrected chi connectivity index (χ2v) is 5.68. The van der Waals surface area contributed by atoms with Crippen LogP contribution in [0.3, 0.4) is 0 Å². The average Bonchev–Trinajstić information content (AvgIpc) is 2.84. The summed E-state index contributed by atoms with van der Waals surface area (Å²) in [5, 5.41) is 0. The van der Waals surface area contributed by atoms with Gasteiger partial charge >= 0.3 is 6.01 Å². The van der Waals surface area contributed by atoms with Crippen LogP contribution in [0.15, 0.2) is 12.1 Å². The first-order chi connectivity index (χ1) is 9.62. The van der Waals surface area contributed by atoms with Gasteiger partial charge in [0.05, 0.1) is 17.5 Å². The van der Waals surface area contributed by atoms with Crippen molar-refractivity contribution in [3.63, 3.8) is 0 Å². The van der Waals surface area contributed by atoms with Crippen molar-refractivity contribution in [2.24, 2.45) is 5.84 Å². The maximum atomic E-state index is 5.92. The van der Waals surface area contributed by atoms with Gasteiger partial charge < -0.3 is 9.64 Å². The third-order valence-corrected chi connectivity index (χ3v) is 3.58. The Labute approximate surface area is 125 Å². The van der Waals surface area contributed by atoms with Crippen LogP contribution in [0.5, 0.6) is 6.01 Å². The molecule has 7 nitrogen and oxygen atoms in total. The van der Waals surface area contributed by atoms with E-state index in [2.05, 4.69) is 20.4 Å². The second kappa shape index (κ2) is 6.69. The molecule has 0 aromatic carbocycles. The van der Waals surface area contributed by atoms with Crippen molar-refractivity contribution < 1.29 is 4.74 Å². The van der Waals surface area contributed by atoms with Gasteiger partial charge in [0.25, 0.3) is 0 Å². The van der Waals surface area contributed by atoms with E-state index in [0.29, 0.717) is 19.1 Å². The normalized spacial score (nSPS) is 10.4. The van der Waals surface area contributed by atoms with E-state index in [9.17, 15) is 0 Å². The molecule has 0 aliphatic rings. The van der Waals surface area contributed by atoms with Gasteiger partial charge in [0.15, 0.2) is 0 Å². The minimum Gasteiger partial charge on any atom is -0.464 e. The largest absolute Gasteiger partial charge is 0.464 e. The zero-order valence-electron chi connectivity index (χ0n) is 11.1. The lowest BCUT2D eigenvalue weighted by Gasteiger charge is -2.17. The van der Waals surface area contributed by atoms with Crippen LogP contribution in [0.2, 0.25) is 4.34 Å². The highest BCUT2D eigenvalue weighted by Gasteiger charge is 2.12. The van der Waals surface area contributed by atoms with Gasteiger partial charge in [-0.2, -0.15) is 15.0 Å². The minimum atomic E-state index is 0.238. The van der Waals surface area contributed by atoms with Crippen molar-refractivity contribution in [2.75, 3.05) is 24.0 Å². The number of nitrogen functional groups attached to an aromatic ring is 1. The maximum Gasteiger partial charge on any atom is 0.323 e. The Kier molecular flexibility index (Phi) is 4.94. The van der Waals surface area contributed by atoms with Crippen molar-refractivity contribution in [1.82, 2.24) is 15.0 Å². The van der Waals surface area contributed by atoms with Crippen molar-refractivity contribution in [1.29, 1.82) is 0 Å². The fourth-order valence-corrected chi connectivity index (χ4v) is 2.66. The van der Waals surface area contributed by atoms with Crippen molar-refractivity contribution in [2.45, 2.75) is 13.5 Å². The number of anilines is 2. The molecule has 108 valence electrons. The number of nitrogens with one attached hydrogen (secondary N) is 1. The standard InChI is InChI=1S/C11H15ClN6OS/c1-3-19-11-15-9(17-13)14-10(16-11)18(2)6-7-4-5-8(12)20-7/h4-5H,3,6,13H2,1-2H3,(H,14,15,16,17). The Hall–Kier alpha value is -1.64. The van der Waals surface area contributed by atoms with Crippen molar-refractivity contribution in [3.05, 3.63) is 21.3 Å². The Morgan fingerprint density at radius 1 is 1.40 bits per heavy atom.